The van der Waals surface area contributed by atoms with E-state index < -0.39 is 0 Å². The van der Waals surface area contributed by atoms with Crippen LogP contribution in [0.15, 0.2) is 41.4 Å². The molecule has 2 aromatic carbocycles. The van der Waals surface area contributed by atoms with E-state index in [-0.39, 0.29) is 16.2 Å². The fourth-order valence-electron chi connectivity index (χ4n) is 2.04. The number of nitrogens with zero attached hydrogens (tertiary/aromatic N) is 1. The van der Waals surface area contributed by atoms with Crippen LogP contribution in [0, 0.1) is 0 Å². The maximum Gasteiger partial charge on any atom is 0.143 e. The van der Waals surface area contributed by atoms with Crippen LogP contribution >= 0.6 is 23.2 Å². The fraction of sp³-hybridized carbons (Fsp3) is 0.235. The number of halogens is 2. The van der Waals surface area contributed by atoms with Gasteiger partial charge in [-0.3, -0.25) is 4.99 Å². The molecule has 0 aliphatic carbocycles. The summed E-state index contributed by atoms with van der Waals surface area (Å²) in [6.45, 7) is 6.40. The van der Waals surface area contributed by atoms with E-state index in [1.54, 1.807) is 12.3 Å². The van der Waals surface area contributed by atoms with Crippen LogP contribution in [0.4, 0.5) is 5.69 Å². The molecule has 2 aromatic rings. The van der Waals surface area contributed by atoms with Crippen LogP contribution in [-0.4, -0.2) is 11.3 Å². The molecule has 21 heavy (non-hydrogen) atoms. The molecule has 0 aromatic heterocycles. The first-order valence-corrected chi connectivity index (χ1v) is 7.36. The Bertz CT molecular complexity index is 688. The Hall–Kier alpha value is -1.51. The summed E-state index contributed by atoms with van der Waals surface area (Å²) in [5.74, 6) is -0.0157. The van der Waals surface area contributed by atoms with Crippen molar-refractivity contribution >= 4 is 35.1 Å². The number of hydrogen-bond donors (Lipinski definition) is 1. The van der Waals surface area contributed by atoms with Gasteiger partial charge < -0.3 is 5.11 Å². The van der Waals surface area contributed by atoms with Gasteiger partial charge in [0.2, 0.25) is 0 Å². The minimum atomic E-state index is -0.0157. The normalized spacial score (nSPS) is 12.0. The maximum atomic E-state index is 9.95. The quantitative estimate of drug-likeness (QED) is 0.702. The number of phenols is 1. The molecule has 0 atom stereocenters. The Balaban J connectivity index is 2.44. The van der Waals surface area contributed by atoms with Gasteiger partial charge in [-0.1, -0.05) is 62.2 Å². The summed E-state index contributed by atoms with van der Waals surface area (Å²) in [5.41, 5.74) is 2.48. The lowest BCUT2D eigenvalue weighted by atomic mass is 9.86. The lowest BCUT2D eigenvalue weighted by Crippen LogP contribution is -2.11. The van der Waals surface area contributed by atoms with Gasteiger partial charge in [0.25, 0.3) is 0 Å². The highest BCUT2D eigenvalue weighted by Gasteiger charge is 2.17. The van der Waals surface area contributed by atoms with Crippen molar-refractivity contribution in [2.45, 2.75) is 26.2 Å². The van der Waals surface area contributed by atoms with Crippen LogP contribution in [0.3, 0.4) is 0 Å². The molecule has 0 spiro atoms. The third-order valence-corrected chi connectivity index (χ3v) is 3.62. The third kappa shape index (κ3) is 3.78. The molecule has 4 heteroatoms. The molecule has 0 fully saturated rings. The van der Waals surface area contributed by atoms with Crippen LogP contribution in [0.1, 0.15) is 31.9 Å². The first kappa shape index (κ1) is 15.9. The summed E-state index contributed by atoms with van der Waals surface area (Å²) in [6.07, 6.45) is 1.58. The molecule has 0 aliphatic heterocycles. The molecule has 0 bridgehead atoms. The van der Waals surface area contributed by atoms with Crippen molar-refractivity contribution < 1.29 is 5.11 Å². The van der Waals surface area contributed by atoms with Crippen molar-refractivity contribution in [3.8, 4) is 5.75 Å². The highest BCUT2D eigenvalue weighted by atomic mass is 35.5. The first-order chi connectivity index (χ1) is 9.79. The van der Waals surface area contributed by atoms with Crippen molar-refractivity contribution in [1.29, 1.82) is 0 Å². The second-order valence-corrected chi connectivity index (χ2v) is 6.69. The van der Waals surface area contributed by atoms with Gasteiger partial charge in [0, 0.05) is 16.8 Å². The maximum absolute atomic E-state index is 9.95. The smallest absolute Gasteiger partial charge is 0.143 e. The van der Waals surface area contributed by atoms with Crippen LogP contribution in [0.25, 0.3) is 0 Å². The Labute approximate surface area is 135 Å². The molecule has 0 radical (unpaired) electrons. The van der Waals surface area contributed by atoms with E-state index in [9.17, 15) is 5.11 Å². The fourth-order valence-corrected chi connectivity index (χ4v) is 2.55. The van der Waals surface area contributed by atoms with E-state index in [4.69, 9.17) is 23.2 Å². The minimum Gasteiger partial charge on any atom is -0.506 e. The van der Waals surface area contributed by atoms with Gasteiger partial charge in [-0.15, -0.1) is 0 Å². The van der Waals surface area contributed by atoms with Gasteiger partial charge in [0.1, 0.15) is 5.75 Å². The molecule has 110 valence electrons. The van der Waals surface area contributed by atoms with E-state index in [1.807, 2.05) is 18.2 Å². The zero-order chi connectivity index (χ0) is 15.6. The van der Waals surface area contributed by atoms with Gasteiger partial charge in [-0.05, 0) is 29.2 Å². The number of aliphatic imine (C=N–C) groups is 1. The summed E-state index contributed by atoms with van der Waals surface area (Å²) in [6, 6.07) is 11.1. The molecular formula is C17H17Cl2NO. The van der Waals surface area contributed by atoms with Gasteiger partial charge >= 0.3 is 0 Å². The van der Waals surface area contributed by atoms with E-state index in [0.717, 1.165) is 11.3 Å². The largest absolute Gasteiger partial charge is 0.506 e. The highest BCUT2D eigenvalue weighted by molar-refractivity contribution is 6.36. The molecule has 0 unspecified atom stereocenters. The lowest BCUT2D eigenvalue weighted by Gasteiger charge is -2.20. The standard InChI is InChI=1S/C17H17Cl2NO/c1-17(2,3)13-6-4-5-7-15(13)20-10-11-8-12(18)9-14(19)16(11)21/h4-10,21H,1-3H3/b20-10+. The zero-order valence-electron chi connectivity index (χ0n) is 12.2. The lowest BCUT2D eigenvalue weighted by molar-refractivity contribution is 0.475. The van der Waals surface area contributed by atoms with E-state index in [1.165, 1.54) is 6.07 Å². The zero-order valence-corrected chi connectivity index (χ0v) is 13.7. The highest BCUT2D eigenvalue weighted by Crippen LogP contribution is 2.33. The number of aromatic hydroxyl groups is 1. The van der Waals surface area contributed by atoms with Gasteiger partial charge in [-0.25, -0.2) is 0 Å². The van der Waals surface area contributed by atoms with Gasteiger partial charge in [0.15, 0.2) is 0 Å². The van der Waals surface area contributed by atoms with Crippen LogP contribution in [0.2, 0.25) is 10.0 Å². The van der Waals surface area contributed by atoms with Crippen LogP contribution < -0.4 is 0 Å². The second-order valence-electron chi connectivity index (χ2n) is 5.85. The monoisotopic (exact) mass is 321 g/mol. The Morgan fingerprint density at radius 1 is 1.10 bits per heavy atom. The third-order valence-electron chi connectivity index (χ3n) is 3.11. The molecule has 2 rings (SSSR count). The number of benzene rings is 2. The number of phenolic OH excluding ortho intramolecular Hbond substituents is 1. The minimum absolute atomic E-state index is 0.0119. The molecule has 0 heterocycles. The average molecular weight is 322 g/mol. The van der Waals surface area contributed by atoms with Crippen molar-refractivity contribution in [3.05, 3.63) is 57.6 Å². The Morgan fingerprint density at radius 2 is 1.76 bits per heavy atom. The summed E-state index contributed by atoms with van der Waals surface area (Å²) in [7, 11) is 0. The van der Waals surface area contributed by atoms with E-state index in [0.29, 0.717) is 10.6 Å². The summed E-state index contributed by atoms with van der Waals surface area (Å²) >= 11 is 11.9. The molecule has 1 N–H and O–H groups in total. The first-order valence-electron chi connectivity index (χ1n) is 6.60. The number of para-hydroxylation sites is 1. The summed E-state index contributed by atoms with van der Waals surface area (Å²) < 4.78 is 0. The molecule has 2 nitrogen and oxygen atoms in total. The predicted molar refractivity (Wildman–Crippen MR) is 90.5 cm³/mol. The molecule has 0 aliphatic rings. The van der Waals surface area contributed by atoms with Gasteiger partial charge in [0.05, 0.1) is 10.7 Å². The summed E-state index contributed by atoms with van der Waals surface area (Å²) in [5, 5.41) is 10.6. The predicted octanol–water partition coefficient (Wildman–Crippen LogP) is 5.75. The topological polar surface area (TPSA) is 32.6 Å². The molecular weight excluding hydrogens is 305 g/mol. The second kappa shape index (κ2) is 6.08. The van der Waals surface area contributed by atoms with Gasteiger partial charge in [-0.2, -0.15) is 0 Å². The van der Waals surface area contributed by atoms with Crippen molar-refractivity contribution in [3.63, 3.8) is 0 Å². The summed E-state index contributed by atoms with van der Waals surface area (Å²) in [4.78, 5) is 4.48. The Kier molecular flexibility index (Phi) is 4.60. The van der Waals surface area contributed by atoms with Crippen molar-refractivity contribution in [2.24, 2.45) is 4.99 Å². The Morgan fingerprint density at radius 3 is 2.43 bits per heavy atom. The van der Waals surface area contributed by atoms with E-state index in [2.05, 4.69) is 31.8 Å². The SMILES string of the molecule is CC(C)(C)c1ccccc1/N=C/c1cc(Cl)cc(Cl)c1O. The van der Waals surface area contributed by atoms with Crippen molar-refractivity contribution in [1.82, 2.24) is 0 Å². The molecule has 0 amide bonds. The van der Waals surface area contributed by atoms with E-state index >= 15 is 0 Å². The van der Waals surface area contributed by atoms with Crippen molar-refractivity contribution in [2.75, 3.05) is 0 Å². The number of hydrogen-bond acceptors (Lipinski definition) is 2. The molecule has 0 saturated carbocycles. The van der Waals surface area contributed by atoms with Crippen LogP contribution in [-0.2, 0) is 5.41 Å². The number of rotatable bonds is 2. The molecule has 0 saturated heterocycles. The average Bonchev–Trinajstić information content (AvgIpc) is 2.40. The van der Waals surface area contributed by atoms with Crippen LogP contribution in [0.5, 0.6) is 5.75 Å².